The molecule has 1 heterocycles. The van der Waals surface area contributed by atoms with Gasteiger partial charge in [0, 0.05) is 0 Å². The molecular weight excluding hydrogens is 232 g/mol. The number of imide groups is 2. The molecule has 0 atom stereocenters. The van der Waals surface area contributed by atoms with E-state index in [0.29, 0.717) is 0 Å². The molecule has 0 unspecified atom stereocenters. The lowest BCUT2D eigenvalue weighted by Crippen LogP contribution is -2.34. The highest BCUT2D eigenvalue weighted by molar-refractivity contribution is 6.34. The van der Waals surface area contributed by atoms with E-state index in [1.165, 1.54) is 6.07 Å². The third-order valence-electron chi connectivity index (χ3n) is 2.14. The van der Waals surface area contributed by atoms with E-state index in [9.17, 15) is 14.4 Å². The van der Waals surface area contributed by atoms with Gasteiger partial charge in [0.15, 0.2) is 0 Å². The maximum absolute atomic E-state index is 11.9. The molecule has 0 aromatic heterocycles. The number of nitrogens with one attached hydrogen (secondary N) is 1. The molecule has 1 aromatic rings. The van der Waals surface area contributed by atoms with E-state index in [1.54, 1.807) is 18.2 Å². The van der Waals surface area contributed by atoms with Gasteiger partial charge in [-0.1, -0.05) is 23.7 Å². The van der Waals surface area contributed by atoms with Crippen molar-refractivity contribution in [1.82, 2.24) is 10.2 Å². The number of benzene rings is 1. The minimum atomic E-state index is -0.713. The van der Waals surface area contributed by atoms with E-state index in [-0.39, 0.29) is 17.1 Å². The fourth-order valence-corrected chi connectivity index (χ4v) is 1.60. The Labute approximate surface area is 96.0 Å². The van der Waals surface area contributed by atoms with E-state index in [0.717, 1.165) is 4.90 Å². The van der Waals surface area contributed by atoms with E-state index in [2.05, 4.69) is 0 Å². The lowest BCUT2D eigenvalue weighted by atomic mass is 10.2. The van der Waals surface area contributed by atoms with Crippen LogP contribution in [-0.2, 0) is 4.79 Å². The van der Waals surface area contributed by atoms with Crippen LogP contribution in [0.2, 0.25) is 5.02 Å². The number of hydrogen-bond acceptors (Lipinski definition) is 3. The Morgan fingerprint density at radius 3 is 2.56 bits per heavy atom. The number of carbonyl (C=O) groups is 3. The van der Waals surface area contributed by atoms with Gasteiger partial charge in [0.25, 0.3) is 5.91 Å². The van der Waals surface area contributed by atoms with Crippen LogP contribution in [0.25, 0.3) is 0 Å². The highest BCUT2D eigenvalue weighted by atomic mass is 35.5. The van der Waals surface area contributed by atoms with Crippen LogP contribution >= 0.6 is 11.6 Å². The summed E-state index contributed by atoms with van der Waals surface area (Å²) >= 11 is 5.82. The van der Waals surface area contributed by atoms with Gasteiger partial charge in [0.1, 0.15) is 6.54 Å². The van der Waals surface area contributed by atoms with Crippen molar-refractivity contribution in [2.75, 3.05) is 6.54 Å². The van der Waals surface area contributed by atoms with Crippen molar-refractivity contribution in [3.05, 3.63) is 34.9 Å². The molecule has 1 N–H and O–H groups in total. The van der Waals surface area contributed by atoms with Crippen molar-refractivity contribution < 1.29 is 14.4 Å². The Kier molecular flexibility index (Phi) is 2.62. The number of halogens is 1. The predicted octanol–water partition coefficient (Wildman–Crippen LogP) is 1.03. The second kappa shape index (κ2) is 3.94. The van der Waals surface area contributed by atoms with Crippen molar-refractivity contribution in [1.29, 1.82) is 0 Å². The number of carbonyl (C=O) groups excluding carboxylic acids is 3. The number of amides is 4. The molecule has 16 heavy (non-hydrogen) atoms. The summed E-state index contributed by atoms with van der Waals surface area (Å²) in [5, 5.41) is 2.27. The van der Waals surface area contributed by atoms with Gasteiger partial charge in [-0.25, -0.2) is 4.79 Å². The van der Waals surface area contributed by atoms with Gasteiger partial charge < -0.3 is 0 Å². The molecular formula is C10H7ClN2O3. The predicted molar refractivity (Wildman–Crippen MR) is 56.0 cm³/mol. The molecule has 0 radical (unpaired) electrons. The molecule has 0 spiro atoms. The van der Waals surface area contributed by atoms with Gasteiger partial charge in [-0.3, -0.25) is 19.8 Å². The molecule has 0 bridgehead atoms. The fourth-order valence-electron chi connectivity index (χ4n) is 1.39. The first-order valence-corrected chi connectivity index (χ1v) is 4.87. The number of hydrogen-bond donors (Lipinski definition) is 1. The van der Waals surface area contributed by atoms with Crippen LogP contribution in [0, 0.1) is 0 Å². The number of urea groups is 1. The summed E-state index contributed by atoms with van der Waals surface area (Å²) in [4.78, 5) is 34.8. The van der Waals surface area contributed by atoms with Crippen molar-refractivity contribution in [3.63, 3.8) is 0 Å². The van der Waals surface area contributed by atoms with Gasteiger partial charge in [0.2, 0.25) is 5.91 Å². The Hall–Kier alpha value is -1.88. The highest BCUT2D eigenvalue weighted by Gasteiger charge is 2.33. The topological polar surface area (TPSA) is 66.5 Å². The molecule has 1 aliphatic rings. The van der Waals surface area contributed by atoms with Crippen LogP contribution in [0.1, 0.15) is 10.4 Å². The maximum Gasteiger partial charge on any atom is 0.331 e. The van der Waals surface area contributed by atoms with Crippen molar-refractivity contribution in [2.45, 2.75) is 0 Å². The second-order valence-corrected chi connectivity index (χ2v) is 3.63. The van der Waals surface area contributed by atoms with Gasteiger partial charge in [-0.15, -0.1) is 0 Å². The van der Waals surface area contributed by atoms with Crippen LogP contribution in [0.3, 0.4) is 0 Å². The van der Waals surface area contributed by atoms with Gasteiger partial charge >= 0.3 is 6.03 Å². The summed E-state index contributed by atoms with van der Waals surface area (Å²) in [7, 11) is 0. The second-order valence-electron chi connectivity index (χ2n) is 3.22. The maximum atomic E-state index is 11.9. The number of rotatable bonds is 1. The molecule has 5 nitrogen and oxygen atoms in total. The van der Waals surface area contributed by atoms with Gasteiger partial charge in [-0.05, 0) is 12.1 Å². The summed E-state index contributed by atoms with van der Waals surface area (Å²) in [6, 6.07) is 5.64. The molecule has 1 aromatic carbocycles. The molecule has 6 heteroatoms. The van der Waals surface area contributed by atoms with Crippen LogP contribution in [-0.4, -0.2) is 29.3 Å². The van der Waals surface area contributed by atoms with E-state index >= 15 is 0 Å². The van der Waals surface area contributed by atoms with Crippen LogP contribution in [0.5, 0.6) is 0 Å². The van der Waals surface area contributed by atoms with Crippen LogP contribution in [0.15, 0.2) is 24.3 Å². The third kappa shape index (κ3) is 1.77. The van der Waals surface area contributed by atoms with Gasteiger partial charge in [-0.2, -0.15) is 0 Å². The van der Waals surface area contributed by atoms with E-state index < -0.39 is 17.8 Å². The first kappa shape index (κ1) is 10.6. The average molecular weight is 239 g/mol. The fraction of sp³-hybridized carbons (Fsp3) is 0.100. The first-order chi connectivity index (χ1) is 7.59. The molecule has 4 amide bonds. The SMILES string of the molecule is O=C1CN(C(=O)c2ccccc2Cl)C(=O)N1. The third-order valence-corrected chi connectivity index (χ3v) is 2.47. The summed E-state index contributed by atoms with van der Waals surface area (Å²) < 4.78 is 0. The summed E-state index contributed by atoms with van der Waals surface area (Å²) in [6.07, 6.45) is 0. The minimum absolute atomic E-state index is 0.203. The molecule has 1 aliphatic heterocycles. The van der Waals surface area contributed by atoms with Crippen molar-refractivity contribution in [2.24, 2.45) is 0 Å². The molecule has 2 rings (SSSR count). The van der Waals surface area contributed by atoms with Crippen LogP contribution in [0.4, 0.5) is 4.79 Å². The lowest BCUT2D eigenvalue weighted by Gasteiger charge is -2.11. The Balaban J connectivity index is 2.30. The molecule has 0 aliphatic carbocycles. The quantitative estimate of drug-likeness (QED) is 0.743. The average Bonchev–Trinajstić information content (AvgIpc) is 2.58. The van der Waals surface area contributed by atoms with E-state index in [1.807, 2.05) is 5.32 Å². The van der Waals surface area contributed by atoms with Crippen molar-refractivity contribution >= 4 is 29.4 Å². The zero-order chi connectivity index (χ0) is 11.7. The van der Waals surface area contributed by atoms with Crippen molar-refractivity contribution in [3.8, 4) is 0 Å². The Morgan fingerprint density at radius 2 is 2.00 bits per heavy atom. The zero-order valence-corrected chi connectivity index (χ0v) is 8.82. The Bertz CT molecular complexity index is 487. The first-order valence-electron chi connectivity index (χ1n) is 4.50. The molecule has 0 saturated carbocycles. The Morgan fingerprint density at radius 1 is 1.31 bits per heavy atom. The molecule has 82 valence electrons. The summed E-state index contributed by atoms with van der Waals surface area (Å²) in [6.45, 7) is -0.261. The normalized spacial score (nSPS) is 15.2. The zero-order valence-electron chi connectivity index (χ0n) is 8.07. The van der Waals surface area contributed by atoms with Crippen LogP contribution < -0.4 is 5.32 Å². The highest BCUT2D eigenvalue weighted by Crippen LogP contribution is 2.17. The summed E-state index contributed by atoms with van der Waals surface area (Å²) in [5.74, 6) is -1.07. The standard InChI is InChI=1S/C10H7ClN2O3/c11-7-4-2-1-3-6(7)9(15)13-5-8(14)12-10(13)16/h1-4H,5H2,(H,12,14,16). The van der Waals surface area contributed by atoms with Gasteiger partial charge in [0.05, 0.1) is 10.6 Å². The smallest absolute Gasteiger partial charge is 0.276 e. The monoisotopic (exact) mass is 238 g/mol. The van der Waals surface area contributed by atoms with E-state index in [4.69, 9.17) is 11.6 Å². The molecule has 1 saturated heterocycles. The molecule has 1 fully saturated rings. The number of nitrogens with zero attached hydrogens (tertiary/aromatic N) is 1. The largest absolute Gasteiger partial charge is 0.331 e. The minimum Gasteiger partial charge on any atom is -0.276 e. The summed E-state index contributed by atoms with van der Waals surface area (Å²) in [5.41, 5.74) is 0.203. The lowest BCUT2D eigenvalue weighted by molar-refractivity contribution is -0.118.